The van der Waals surface area contributed by atoms with Crippen molar-refractivity contribution in [1.82, 2.24) is 19.4 Å². The number of aromatic nitrogens is 2. The number of nitrogen functional groups attached to an aromatic ring is 1. The molecule has 1 saturated heterocycles. The molecule has 41 heavy (non-hydrogen) atoms. The summed E-state index contributed by atoms with van der Waals surface area (Å²) in [4.78, 5) is 11.9. The molecule has 1 unspecified atom stereocenters. The third-order valence-corrected chi connectivity index (χ3v) is 8.55. The number of rotatable bonds is 11. The van der Waals surface area contributed by atoms with E-state index in [0.29, 0.717) is 30.9 Å². The first kappa shape index (κ1) is 29.8. The van der Waals surface area contributed by atoms with E-state index in [-0.39, 0.29) is 47.0 Å². The second-order valence-corrected chi connectivity index (χ2v) is 11.5. The van der Waals surface area contributed by atoms with Gasteiger partial charge in [0.1, 0.15) is 16.3 Å². The zero-order valence-electron chi connectivity index (χ0n) is 23.1. The lowest BCUT2D eigenvalue weighted by Crippen LogP contribution is -2.41. The third-order valence-electron chi connectivity index (χ3n) is 6.64. The average molecular weight is 586 g/mol. The van der Waals surface area contributed by atoms with Crippen molar-refractivity contribution in [2.45, 2.75) is 37.5 Å². The van der Waals surface area contributed by atoms with E-state index in [1.54, 1.807) is 24.3 Å². The molecule has 4 rings (SSSR count). The lowest BCUT2D eigenvalue weighted by atomic mass is 10.0. The first-order valence-electron chi connectivity index (χ1n) is 13.4. The zero-order valence-corrected chi connectivity index (χ0v) is 23.9. The van der Waals surface area contributed by atoms with E-state index in [1.165, 1.54) is 34.3 Å². The van der Waals surface area contributed by atoms with Gasteiger partial charge in [0.2, 0.25) is 15.9 Å². The lowest BCUT2D eigenvalue weighted by molar-refractivity contribution is 0.109. The fraction of sp³-hybridized carbons (Fsp3) is 0.407. The van der Waals surface area contributed by atoms with Gasteiger partial charge in [0, 0.05) is 31.6 Å². The number of hydrogen-bond donors (Lipinski definition) is 3. The summed E-state index contributed by atoms with van der Waals surface area (Å²) in [5, 5.41) is 25.8. The molecule has 0 saturated carbocycles. The Kier molecular flexibility index (Phi) is 9.78. The van der Waals surface area contributed by atoms with Crippen molar-refractivity contribution in [3.05, 3.63) is 48.5 Å². The molecule has 14 heteroatoms. The van der Waals surface area contributed by atoms with E-state index in [0.717, 1.165) is 19.3 Å². The number of carbonyl (C=O) groups is 1. The van der Waals surface area contributed by atoms with Gasteiger partial charge in [-0.05, 0) is 43.5 Å². The molecular formula is C27H35N7O6S. The van der Waals surface area contributed by atoms with Crippen LogP contribution < -0.4 is 15.8 Å². The van der Waals surface area contributed by atoms with Crippen LogP contribution in [-0.2, 0) is 14.8 Å². The molecule has 1 fully saturated rings. The molecule has 3 aromatic rings. The van der Waals surface area contributed by atoms with E-state index in [4.69, 9.17) is 15.2 Å². The van der Waals surface area contributed by atoms with Gasteiger partial charge in [-0.2, -0.15) is 8.99 Å². The number of ether oxygens (including phenoxy) is 2. The number of unbranched alkanes of at least 4 members (excludes halogenated alkanes) is 1. The summed E-state index contributed by atoms with van der Waals surface area (Å²) in [7, 11) is -2.57. The Morgan fingerprint density at radius 3 is 2.73 bits per heavy atom. The second-order valence-electron chi connectivity index (χ2n) is 9.59. The van der Waals surface area contributed by atoms with Gasteiger partial charge in [-0.15, -0.1) is 15.3 Å². The number of azo groups is 1. The van der Waals surface area contributed by atoms with Crippen LogP contribution in [0.2, 0.25) is 0 Å². The predicted octanol–water partition coefficient (Wildman–Crippen LogP) is 4.51. The van der Waals surface area contributed by atoms with Gasteiger partial charge in [-0.25, -0.2) is 13.2 Å². The number of hydrogen-bond acceptors (Lipinski definition) is 10. The molecule has 220 valence electrons. The van der Waals surface area contributed by atoms with Crippen molar-refractivity contribution in [2.75, 3.05) is 39.1 Å². The Labute approximate surface area is 239 Å². The highest BCUT2D eigenvalue weighted by molar-refractivity contribution is 7.89. The summed E-state index contributed by atoms with van der Waals surface area (Å²) in [5.41, 5.74) is 6.46. The highest BCUT2D eigenvalue weighted by Gasteiger charge is 2.33. The van der Waals surface area contributed by atoms with Crippen LogP contribution in [0.3, 0.4) is 0 Å². The maximum Gasteiger partial charge on any atom is 0.407 e. The molecule has 2 aromatic carbocycles. The van der Waals surface area contributed by atoms with Crippen LogP contribution in [0.4, 0.5) is 22.0 Å². The van der Waals surface area contributed by atoms with Crippen LogP contribution in [0.15, 0.2) is 63.7 Å². The second kappa shape index (κ2) is 13.5. The first-order chi connectivity index (χ1) is 19.7. The molecule has 0 bridgehead atoms. The summed E-state index contributed by atoms with van der Waals surface area (Å²) in [6.45, 7) is 3.17. The molecule has 2 heterocycles. The predicted molar refractivity (Wildman–Crippen MR) is 153 cm³/mol. The summed E-state index contributed by atoms with van der Waals surface area (Å²) in [6, 6.07) is 13.2. The van der Waals surface area contributed by atoms with Crippen LogP contribution in [0, 0.1) is 5.92 Å². The number of nitrogens with zero attached hydrogens (tertiary/aromatic N) is 5. The monoisotopic (exact) mass is 585 g/mol. The Morgan fingerprint density at radius 1 is 1.22 bits per heavy atom. The number of methoxy groups -OCH3 is 1. The normalized spacial score (nSPS) is 16.1. The van der Waals surface area contributed by atoms with Gasteiger partial charge < -0.3 is 25.6 Å². The fourth-order valence-electron chi connectivity index (χ4n) is 4.42. The number of anilines is 1. The van der Waals surface area contributed by atoms with E-state index < -0.39 is 16.1 Å². The number of benzene rings is 2. The van der Waals surface area contributed by atoms with Crippen LogP contribution in [-0.4, -0.2) is 67.1 Å². The Hall–Kier alpha value is -4.17. The van der Waals surface area contributed by atoms with Gasteiger partial charge >= 0.3 is 6.09 Å². The summed E-state index contributed by atoms with van der Waals surface area (Å²) in [5.74, 6) is -0.212. The fourth-order valence-corrected chi connectivity index (χ4v) is 6.08. The minimum Gasteiger partial charge on any atom is -0.497 e. The molecule has 1 aliphatic heterocycles. The van der Waals surface area contributed by atoms with Gasteiger partial charge in [0.25, 0.3) is 0 Å². The average Bonchev–Trinajstić information content (AvgIpc) is 3.28. The van der Waals surface area contributed by atoms with Crippen molar-refractivity contribution in [1.29, 1.82) is 0 Å². The van der Waals surface area contributed by atoms with Crippen molar-refractivity contribution in [3.8, 4) is 17.3 Å². The zero-order chi connectivity index (χ0) is 29.4. The number of para-hydroxylation sites is 1. The maximum atomic E-state index is 13.8. The van der Waals surface area contributed by atoms with E-state index in [1.807, 2.05) is 13.0 Å². The maximum absolute atomic E-state index is 13.8. The minimum absolute atomic E-state index is 0.00397. The lowest BCUT2D eigenvalue weighted by Gasteiger charge is -2.31. The number of amides is 1. The molecular weight excluding hydrogens is 550 g/mol. The Balaban J connectivity index is 1.56. The minimum atomic E-state index is -4.02. The highest BCUT2D eigenvalue weighted by Crippen LogP contribution is 2.38. The van der Waals surface area contributed by atoms with Crippen LogP contribution >= 0.6 is 0 Å². The first-order valence-corrected chi connectivity index (χ1v) is 14.8. The molecule has 0 aliphatic carbocycles. The van der Waals surface area contributed by atoms with Gasteiger partial charge in [0.15, 0.2) is 11.5 Å². The van der Waals surface area contributed by atoms with Crippen molar-refractivity contribution in [3.63, 3.8) is 0 Å². The van der Waals surface area contributed by atoms with Crippen molar-refractivity contribution >= 4 is 33.3 Å². The molecule has 0 spiro atoms. The molecule has 4 N–H and O–H groups in total. The largest absolute Gasteiger partial charge is 0.497 e. The highest BCUT2D eigenvalue weighted by atomic mass is 32.2. The topological polar surface area (TPSA) is 174 Å². The number of nitrogens with one attached hydrogen (secondary N) is 1. The van der Waals surface area contributed by atoms with Gasteiger partial charge in [-0.3, -0.25) is 0 Å². The number of nitrogens with two attached hydrogens (primary N) is 1. The van der Waals surface area contributed by atoms with Crippen LogP contribution in [0.25, 0.3) is 5.69 Å². The van der Waals surface area contributed by atoms with Crippen LogP contribution in [0.1, 0.15) is 32.6 Å². The molecule has 0 radical (unpaired) electrons. The third kappa shape index (κ3) is 7.13. The number of sulfonamides is 1. The Morgan fingerprint density at radius 2 is 2.00 bits per heavy atom. The number of piperidine rings is 1. The Bertz CT molecular complexity index is 1480. The van der Waals surface area contributed by atoms with Gasteiger partial charge in [0.05, 0.1) is 19.4 Å². The smallest absolute Gasteiger partial charge is 0.407 e. The van der Waals surface area contributed by atoms with E-state index in [2.05, 4.69) is 20.6 Å². The molecule has 13 nitrogen and oxygen atoms in total. The number of alkyl carbamates (subject to hydrolysis) is 1. The number of aromatic hydroxyl groups is 1. The van der Waals surface area contributed by atoms with E-state index in [9.17, 15) is 18.3 Å². The quantitative estimate of drug-likeness (QED) is 0.218. The standard InChI is InChI=1S/C27H35N7O6S/c1-3-4-14-29-27(36)40-18-19-9-8-15-33(17-19)41(37,38)23-13-12-21(39-2)16-22(23)30-31-24-25(28)32-34(26(24)35)20-10-6-5-7-11-20/h5-7,10-13,16,19,35H,3-4,8-9,14-15,17-18H2,1-2H3,(H2,28,32)(H,29,36)/b31-30+. The van der Waals surface area contributed by atoms with Crippen molar-refractivity contribution < 1.29 is 27.8 Å². The van der Waals surface area contributed by atoms with Crippen molar-refractivity contribution in [2.24, 2.45) is 16.1 Å². The molecule has 1 atom stereocenters. The molecule has 1 amide bonds. The summed E-state index contributed by atoms with van der Waals surface area (Å²) in [6.07, 6.45) is 2.64. The summed E-state index contributed by atoms with van der Waals surface area (Å²) >= 11 is 0. The SMILES string of the molecule is CCCCNC(=O)OCC1CCCN(S(=O)(=O)c2ccc(OC)cc2/N=N/c2c(N)nn(-c3ccccc3)c2O)C1. The number of carbonyl (C=O) groups excluding carboxylic acids is 1. The van der Waals surface area contributed by atoms with Crippen LogP contribution in [0.5, 0.6) is 11.6 Å². The van der Waals surface area contributed by atoms with E-state index >= 15 is 0 Å². The van der Waals surface area contributed by atoms with Gasteiger partial charge in [-0.1, -0.05) is 31.5 Å². The molecule has 1 aromatic heterocycles. The molecule has 1 aliphatic rings. The summed E-state index contributed by atoms with van der Waals surface area (Å²) < 4.78 is 40.7.